The van der Waals surface area contributed by atoms with Crippen molar-refractivity contribution in [3.63, 3.8) is 0 Å². The van der Waals surface area contributed by atoms with Gasteiger partial charge in [0.15, 0.2) is 17.0 Å². The van der Waals surface area contributed by atoms with Crippen molar-refractivity contribution in [2.75, 3.05) is 0 Å². The highest BCUT2D eigenvalue weighted by Gasteiger charge is 2.21. The Hall–Kier alpha value is -3.41. The number of carbonyl (C=O) groups excluding carboxylic acids is 1. The Bertz CT molecular complexity index is 1070. The lowest BCUT2D eigenvalue weighted by Crippen LogP contribution is -2.01. The molecule has 0 unspecified atom stereocenters. The first-order valence-electron chi connectivity index (χ1n) is 7.45. The van der Waals surface area contributed by atoms with Crippen LogP contribution in [0.15, 0.2) is 65.2 Å². The third kappa shape index (κ3) is 2.57. The smallest absolute Gasteiger partial charge is 0.234 e. The zero-order chi connectivity index (χ0) is 17.4. The molecule has 2 aromatic heterocycles. The van der Waals surface area contributed by atoms with Crippen LogP contribution >= 0.6 is 0 Å². The van der Waals surface area contributed by atoms with Gasteiger partial charge in [0.05, 0.1) is 5.56 Å². The minimum absolute atomic E-state index is 0.0917. The maximum atomic E-state index is 14.0. The first-order valence-corrected chi connectivity index (χ1v) is 7.45. The standard InChI is InChI=1S/C19H10F2N2O2/c20-13-7-4-8-14(21)15(13)19-23-18-17(25-19)12(9-10-22-18)16(24)11-5-2-1-3-6-11/h1-10H. The number of aromatic nitrogens is 2. The van der Waals surface area contributed by atoms with Gasteiger partial charge in [-0.15, -0.1) is 0 Å². The van der Waals surface area contributed by atoms with Gasteiger partial charge in [-0.2, -0.15) is 4.98 Å². The molecule has 4 aromatic rings. The van der Waals surface area contributed by atoms with Crippen LogP contribution in [-0.2, 0) is 0 Å². The van der Waals surface area contributed by atoms with E-state index in [4.69, 9.17) is 4.42 Å². The molecule has 0 N–H and O–H groups in total. The first-order chi connectivity index (χ1) is 12.1. The zero-order valence-electron chi connectivity index (χ0n) is 12.7. The Labute approximate surface area is 140 Å². The predicted octanol–water partition coefficient (Wildman–Crippen LogP) is 4.40. The van der Waals surface area contributed by atoms with Crippen LogP contribution in [0.1, 0.15) is 15.9 Å². The van der Waals surface area contributed by atoms with Crippen LogP contribution in [0.3, 0.4) is 0 Å². The van der Waals surface area contributed by atoms with E-state index in [-0.39, 0.29) is 28.5 Å². The van der Waals surface area contributed by atoms with Crippen LogP contribution < -0.4 is 0 Å². The zero-order valence-corrected chi connectivity index (χ0v) is 12.7. The Morgan fingerprint density at radius 2 is 1.64 bits per heavy atom. The normalized spacial score (nSPS) is 11.0. The Balaban J connectivity index is 1.89. The molecule has 0 saturated heterocycles. The first kappa shape index (κ1) is 15.1. The van der Waals surface area contributed by atoms with E-state index >= 15 is 0 Å². The maximum absolute atomic E-state index is 14.0. The van der Waals surface area contributed by atoms with Gasteiger partial charge in [0.2, 0.25) is 5.89 Å². The van der Waals surface area contributed by atoms with Crippen molar-refractivity contribution in [3.05, 3.63) is 83.6 Å². The monoisotopic (exact) mass is 336 g/mol. The molecule has 0 aliphatic carbocycles. The number of oxazole rings is 1. The second-order valence-electron chi connectivity index (χ2n) is 5.32. The van der Waals surface area contributed by atoms with Gasteiger partial charge in [-0.05, 0) is 18.2 Å². The van der Waals surface area contributed by atoms with E-state index in [2.05, 4.69) is 9.97 Å². The molecule has 0 fully saturated rings. The number of halogens is 2. The third-order valence-electron chi connectivity index (χ3n) is 3.75. The molecule has 0 aliphatic rings. The largest absolute Gasteiger partial charge is 0.433 e. The average molecular weight is 336 g/mol. The molecule has 122 valence electrons. The number of hydrogen-bond acceptors (Lipinski definition) is 4. The van der Waals surface area contributed by atoms with E-state index in [9.17, 15) is 13.6 Å². The fraction of sp³-hybridized carbons (Fsp3) is 0. The summed E-state index contributed by atoms with van der Waals surface area (Å²) in [6, 6.07) is 13.6. The molecule has 4 rings (SSSR count). The van der Waals surface area contributed by atoms with E-state index in [1.807, 2.05) is 0 Å². The fourth-order valence-corrected chi connectivity index (χ4v) is 2.57. The lowest BCUT2D eigenvalue weighted by molar-refractivity contribution is 0.103. The van der Waals surface area contributed by atoms with E-state index in [1.54, 1.807) is 30.3 Å². The SMILES string of the molecule is O=C(c1ccccc1)c1ccnc2nc(-c3c(F)cccc3F)oc12. The summed E-state index contributed by atoms with van der Waals surface area (Å²) in [5, 5.41) is 0. The molecule has 0 spiro atoms. The third-order valence-corrected chi connectivity index (χ3v) is 3.75. The second-order valence-corrected chi connectivity index (χ2v) is 5.32. The van der Waals surface area contributed by atoms with Gasteiger partial charge in [-0.1, -0.05) is 36.4 Å². The highest BCUT2D eigenvalue weighted by Crippen LogP contribution is 2.30. The number of benzene rings is 2. The van der Waals surface area contributed by atoms with Crippen LogP contribution in [0.25, 0.3) is 22.7 Å². The number of hydrogen-bond donors (Lipinski definition) is 0. The maximum Gasteiger partial charge on any atom is 0.234 e. The number of nitrogens with zero attached hydrogens (tertiary/aromatic N) is 2. The summed E-state index contributed by atoms with van der Waals surface area (Å²) >= 11 is 0. The van der Waals surface area contributed by atoms with Crippen LogP contribution in [-0.4, -0.2) is 15.8 Å². The minimum Gasteiger partial charge on any atom is -0.433 e. The van der Waals surface area contributed by atoms with Crippen molar-refractivity contribution in [1.82, 2.24) is 9.97 Å². The van der Waals surface area contributed by atoms with Crippen molar-refractivity contribution >= 4 is 17.0 Å². The Kier molecular flexibility index (Phi) is 3.57. The number of pyridine rings is 1. The summed E-state index contributed by atoms with van der Waals surface area (Å²) < 4.78 is 33.4. The molecule has 0 amide bonds. The highest BCUT2D eigenvalue weighted by atomic mass is 19.1. The van der Waals surface area contributed by atoms with Crippen molar-refractivity contribution in [1.29, 1.82) is 0 Å². The molecular weight excluding hydrogens is 326 g/mol. The number of carbonyl (C=O) groups is 1. The lowest BCUT2D eigenvalue weighted by atomic mass is 10.0. The van der Waals surface area contributed by atoms with Gasteiger partial charge in [-0.25, -0.2) is 13.8 Å². The summed E-state index contributed by atoms with van der Waals surface area (Å²) in [7, 11) is 0. The predicted molar refractivity (Wildman–Crippen MR) is 87.0 cm³/mol. The van der Waals surface area contributed by atoms with Crippen LogP contribution in [0, 0.1) is 11.6 Å². The summed E-state index contributed by atoms with van der Waals surface area (Å²) in [5.41, 5.74) is 0.503. The van der Waals surface area contributed by atoms with E-state index < -0.39 is 17.2 Å². The molecule has 0 atom stereocenters. The van der Waals surface area contributed by atoms with Crippen molar-refractivity contribution in [2.45, 2.75) is 0 Å². The highest BCUT2D eigenvalue weighted by molar-refractivity contribution is 6.14. The van der Waals surface area contributed by atoms with Crippen molar-refractivity contribution < 1.29 is 18.0 Å². The van der Waals surface area contributed by atoms with Gasteiger partial charge in [0.25, 0.3) is 0 Å². The molecule has 0 aliphatic heterocycles. The molecular formula is C19H10F2N2O2. The number of ketones is 1. The quantitative estimate of drug-likeness (QED) is 0.520. The molecule has 2 heterocycles. The molecule has 25 heavy (non-hydrogen) atoms. The fourth-order valence-electron chi connectivity index (χ4n) is 2.57. The Morgan fingerprint density at radius 1 is 0.920 bits per heavy atom. The summed E-state index contributed by atoms with van der Waals surface area (Å²) in [6.07, 6.45) is 1.41. The van der Waals surface area contributed by atoms with Crippen molar-refractivity contribution in [3.8, 4) is 11.5 Å². The number of fused-ring (bicyclic) bond motifs is 1. The summed E-state index contributed by atoms with van der Waals surface area (Å²) in [5.74, 6) is -2.15. The van der Waals surface area contributed by atoms with Gasteiger partial charge < -0.3 is 4.42 Å². The average Bonchev–Trinajstić information content (AvgIpc) is 3.05. The van der Waals surface area contributed by atoms with E-state index in [0.29, 0.717) is 5.56 Å². The number of rotatable bonds is 3. The Morgan fingerprint density at radius 3 is 2.36 bits per heavy atom. The van der Waals surface area contributed by atoms with Crippen LogP contribution in [0.4, 0.5) is 8.78 Å². The van der Waals surface area contributed by atoms with Gasteiger partial charge in [-0.3, -0.25) is 4.79 Å². The molecule has 0 saturated carbocycles. The minimum atomic E-state index is -0.803. The molecule has 2 aromatic carbocycles. The van der Waals surface area contributed by atoms with Gasteiger partial charge in [0, 0.05) is 11.8 Å². The van der Waals surface area contributed by atoms with Gasteiger partial charge in [0.1, 0.15) is 17.2 Å². The van der Waals surface area contributed by atoms with E-state index in [0.717, 1.165) is 12.1 Å². The van der Waals surface area contributed by atoms with Gasteiger partial charge >= 0.3 is 0 Å². The molecule has 4 nitrogen and oxygen atoms in total. The topological polar surface area (TPSA) is 56.0 Å². The van der Waals surface area contributed by atoms with Crippen molar-refractivity contribution in [2.24, 2.45) is 0 Å². The second kappa shape index (κ2) is 5.90. The van der Waals surface area contributed by atoms with E-state index in [1.165, 1.54) is 18.3 Å². The summed E-state index contributed by atoms with van der Waals surface area (Å²) in [6.45, 7) is 0. The van der Waals surface area contributed by atoms with Crippen LogP contribution in [0.5, 0.6) is 0 Å². The molecule has 6 heteroatoms. The molecule has 0 radical (unpaired) electrons. The lowest BCUT2D eigenvalue weighted by Gasteiger charge is -2.01. The van der Waals surface area contributed by atoms with Crippen LogP contribution in [0.2, 0.25) is 0 Å². The molecule has 0 bridgehead atoms. The summed E-state index contributed by atoms with van der Waals surface area (Å²) in [4.78, 5) is 20.7.